The first-order valence-corrected chi connectivity index (χ1v) is 14.5. The fraction of sp³-hybridized carbons (Fsp3) is 0.111. The lowest BCUT2D eigenvalue weighted by Gasteiger charge is -2.20. The van der Waals surface area contributed by atoms with Crippen molar-refractivity contribution in [2.24, 2.45) is 7.05 Å². The third-order valence-corrected chi connectivity index (χ3v) is 8.15. The van der Waals surface area contributed by atoms with Crippen LogP contribution in [0.4, 0.5) is 22.0 Å². The van der Waals surface area contributed by atoms with Crippen LogP contribution in [0.3, 0.4) is 0 Å². The van der Waals surface area contributed by atoms with Gasteiger partial charge in [0.15, 0.2) is 0 Å². The van der Waals surface area contributed by atoms with E-state index >= 15 is 4.39 Å². The molecule has 0 saturated heterocycles. The normalized spacial score (nSPS) is 12.3. The van der Waals surface area contributed by atoms with Gasteiger partial charge in [0.05, 0.1) is 22.3 Å². The second kappa shape index (κ2) is 12.4. The van der Waals surface area contributed by atoms with Crippen LogP contribution in [-0.4, -0.2) is 32.6 Å². The van der Waals surface area contributed by atoms with E-state index < -0.39 is 64.4 Å². The SMILES string of the molecule is Cn1c(=O)c(-c2cccc3c(CC(NC(=O)c4c(F)ccc(-c5ccccn5)c4F)C(=O)O)cccc23)c(C(F)(F)F)c2ccccc21. The van der Waals surface area contributed by atoms with Gasteiger partial charge in [-0.2, -0.15) is 13.2 Å². The van der Waals surface area contributed by atoms with Crippen LogP contribution in [-0.2, 0) is 24.4 Å². The Morgan fingerprint density at radius 2 is 1.54 bits per heavy atom. The van der Waals surface area contributed by atoms with E-state index in [9.17, 15) is 37.1 Å². The molecular formula is C36H24F5N3O4. The van der Waals surface area contributed by atoms with Crippen molar-refractivity contribution in [1.29, 1.82) is 0 Å². The molecule has 4 aromatic carbocycles. The molecule has 0 radical (unpaired) electrons. The van der Waals surface area contributed by atoms with Gasteiger partial charge in [0, 0.05) is 30.6 Å². The highest BCUT2D eigenvalue weighted by atomic mass is 19.4. The number of carbonyl (C=O) groups excluding carboxylic acids is 1. The highest BCUT2D eigenvalue weighted by molar-refractivity contribution is 6.02. The largest absolute Gasteiger partial charge is 0.480 e. The summed E-state index contributed by atoms with van der Waals surface area (Å²) in [6.07, 6.45) is -3.93. The zero-order valence-electron chi connectivity index (χ0n) is 25.0. The summed E-state index contributed by atoms with van der Waals surface area (Å²) in [6, 6.07) is 19.4. The van der Waals surface area contributed by atoms with Crippen molar-refractivity contribution in [2.45, 2.75) is 18.6 Å². The number of rotatable bonds is 7. The van der Waals surface area contributed by atoms with Crippen LogP contribution in [0.15, 0.2) is 102 Å². The second-order valence-corrected chi connectivity index (χ2v) is 11.0. The molecule has 242 valence electrons. The minimum atomic E-state index is -4.90. The van der Waals surface area contributed by atoms with E-state index in [4.69, 9.17) is 0 Å². The number of para-hydroxylation sites is 1. The number of fused-ring (bicyclic) bond motifs is 2. The van der Waals surface area contributed by atoms with E-state index in [1.165, 1.54) is 73.9 Å². The number of hydrogen-bond acceptors (Lipinski definition) is 4. The Hall–Kier alpha value is -5.91. The summed E-state index contributed by atoms with van der Waals surface area (Å²) in [5.74, 6) is -5.31. The van der Waals surface area contributed by atoms with Crippen molar-refractivity contribution >= 4 is 33.6 Å². The van der Waals surface area contributed by atoms with Gasteiger partial charge >= 0.3 is 12.1 Å². The van der Waals surface area contributed by atoms with Gasteiger partial charge in [0.2, 0.25) is 0 Å². The predicted molar refractivity (Wildman–Crippen MR) is 169 cm³/mol. The molecule has 2 N–H and O–H groups in total. The average molecular weight is 658 g/mol. The van der Waals surface area contributed by atoms with Gasteiger partial charge in [-0.05, 0) is 52.2 Å². The van der Waals surface area contributed by atoms with Gasteiger partial charge in [-0.1, -0.05) is 60.7 Å². The molecule has 2 aromatic heterocycles. The number of carboxylic acid groups (broad SMARTS) is 1. The minimum Gasteiger partial charge on any atom is -0.480 e. The molecule has 0 aliphatic heterocycles. The smallest absolute Gasteiger partial charge is 0.417 e. The van der Waals surface area contributed by atoms with Crippen molar-refractivity contribution < 1.29 is 36.6 Å². The fourth-order valence-electron chi connectivity index (χ4n) is 5.94. The summed E-state index contributed by atoms with van der Waals surface area (Å²) in [5.41, 5.74) is -3.26. The van der Waals surface area contributed by atoms with Crippen LogP contribution in [0, 0.1) is 11.6 Å². The standard InChI is InChI=1S/C36H24F5N3O4/c1-44-28-14-3-2-9-24(28)31(36(39,40)41)29(34(44)46)22-12-7-10-20-19(8-6-11-21(20)22)18-27(35(47)48)43-33(45)30-25(37)16-15-23(32(30)38)26-13-4-5-17-42-26/h2-17,27H,18H2,1H3,(H,43,45)(H,47,48). The van der Waals surface area contributed by atoms with E-state index in [1.807, 2.05) is 0 Å². The Bertz CT molecular complexity index is 2300. The number of amides is 1. The Morgan fingerprint density at radius 3 is 2.25 bits per heavy atom. The Balaban J connectivity index is 1.42. The molecule has 12 heteroatoms. The molecule has 1 atom stereocenters. The van der Waals surface area contributed by atoms with Gasteiger partial charge in [-0.25, -0.2) is 13.6 Å². The maximum absolute atomic E-state index is 15.4. The van der Waals surface area contributed by atoms with Gasteiger partial charge < -0.3 is 15.0 Å². The number of aryl methyl sites for hydroxylation is 1. The molecule has 48 heavy (non-hydrogen) atoms. The van der Waals surface area contributed by atoms with Gasteiger partial charge in [-0.3, -0.25) is 14.6 Å². The van der Waals surface area contributed by atoms with Crippen LogP contribution in [0.25, 0.3) is 44.1 Å². The van der Waals surface area contributed by atoms with Crippen LogP contribution >= 0.6 is 0 Å². The lowest BCUT2D eigenvalue weighted by molar-refractivity contribution is -0.139. The molecule has 7 nitrogen and oxygen atoms in total. The van der Waals surface area contributed by atoms with Gasteiger partial charge in [0.25, 0.3) is 11.5 Å². The lowest BCUT2D eigenvalue weighted by Crippen LogP contribution is -2.43. The van der Waals surface area contributed by atoms with Crippen molar-refractivity contribution in [1.82, 2.24) is 14.9 Å². The summed E-state index contributed by atoms with van der Waals surface area (Å²) in [5, 5.41) is 12.6. The topological polar surface area (TPSA) is 101 Å². The monoisotopic (exact) mass is 657 g/mol. The summed E-state index contributed by atoms with van der Waals surface area (Å²) < 4.78 is 75.3. The Morgan fingerprint density at radius 1 is 0.854 bits per heavy atom. The number of alkyl halides is 3. The molecule has 6 aromatic rings. The van der Waals surface area contributed by atoms with Crippen LogP contribution < -0.4 is 10.9 Å². The van der Waals surface area contributed by atoms with Crippen molar-refractivity contribution in [3.05, 3.63) is 136 Å². The number of nitrogens with zero attached hydrogens (tertiary/aromatic N) is 2. The third kappa shape index (κ3) is 5.65. The number of aliphatic carboxylic acids is 1. The number of nitrogens with one attached hydrogen (secondary N) is 1. The van der Waals surface area contributed by atoms with E-state index in [0.717, 1.165) is 16.7 Å². The van der Waals surface area contributed by atoms with Crippen LogP contribution in [0.2, 0.25) is 0 Å². The second-order valence-electron chi connectivity index (χ2n) is 11.0. The lowest BCUT2D eigenvalue weighted by atomic mass is 9.90. The molecule has 0 bridgehead atoms. The zero-order chi connectivity index (χ0) is 34.3. The van der Waals surface area contributed by atoms with Gasteiger partial charge in [-0.15, -0.1) is 0 Å². The molecule has 0 aliphatic carbocycles. The highest BCUT2D eigenvalue weighted by Crippen LogP contribution is 2.42. The molecular weight excluding hydrogens is 633 g/mol. The maximum atomic E-state index is 15.4. The average Bonchev–Trinajstić information content (AvgIpc) is 3.05. The summed E-state index contributed by atoms with van der Waals surface area (Å²) in [6.45, 7) is 0. The maximum Gasteiger partial charge on any atom is 0.417 e. The third-order valence-electron chi connectivity index (χ3n) is 8.15. The molecule has 1 amide bonds. The zero-order valence-corrected chi connectivity index (χ0v) is 25.0. The summed E-state index contributed by atoms with van der Waals surface area (Å²) in [7, 11) is 1.38. The van der Waals surface area contributed by atoms with E-state index in [1.54, 1.807) is 18.2 Å². The number of hydrogen-bond donors (Lipinski definition) is 2. The summed E-state index contributed by atoms with van der Waals surface area (Å²) >= 11 is 0. The Kier molecular flexibility index (Phi) is 8.25. The number of benzene rings is 4. The molecule has 0 fully saturated rings. The van der Waals surface area contributed by atoms with Crippen molar-refractivity contribution in [2.75, 3.05) is 0 Å². The fourth-order valence-corrected chi connectivity index (χ4v) is 5.94. The van der Waals surface area contributed by atoms with E-state index in [-0.39, 0.29) is 38.7 Å². The highest BCUT2D eigenvalue weighted by Gasteiger charge is 2.38. The molecule has 6 rings (SSSR count). The molecule has 0 saturated carbocycles. The number of carboxylic acids is 1. The summed E-state index contributed by atoms with van der Waals surface area (Å²) in [4.78, 5) is 43.1. The molecule has 2 heterocycles. The van der Waals surface area contributed by atoms with Gasteiger partial charge in [0.1, 0.15) is 23.2 Å². The van der Waals surface area contributed by atoms with E-state index in [0.29, 0.717) is 5.39 Å². The number of halogens is 5. The quantitative estimate of drug-likeness (QED) is 0.178. The molecule has 0 aliphatic rings. The first kappa shape index (κ1) is 32.0. The van der Waals surface area contributed by atoms with E-state index in [2.05, 4.69) is 10.3 Å². The van der Waals surface area contributed by atoms with Crippen LogP contribution in [0.1, 0.15) is 21.5 Å². The number of carbonyl (C=O) groups is 2. The predicted octanol–water partition coefficient (Wildman–Crippen LogP) is 7.14. The number of aromatic nitrogens is 2. The molecule has 0 spiro atoms. The number of pyridine rings is 2. The molecule has 1 unspecified atom stereocenters. The minimum absolute atomic E-state index is 0.0283. The first-order chi connectivity index (χ1) is 22.9. The Labute approximate surface area is 268 Å². The van der Waals surface area contributed by atoms with Crippen molar-refractivity contribution in [3.63, 3.8) is 0 Å². The van der Waals surface area contributed by atoms with Crippen LogP contribution in [0.5, 0.6) is 0 Å². The van der Waals surface area contributed by atoms with Crippen molar-refractivity contribution in [3.8, 4) is 22.4 Å². The first-order valence-electron chi connectivity index (χ1n) is 14.5.